The van der Waals surface area contributed by atoms with Crippen LogP contribution in [0.3, 0.4) is 0 Å². The number of nitrogen functional groups attached to an aromatic ring is 1. The van der Waals surface area contributed by atoms with Crippen molar-refractivity contribution in [2.75, 3.05) is 30.3 Å². The third kappa shape index (κ3) is 1.96. The van der Waals surface area contributed by atoms with E-state index in [1.54, 1.807) is 0 Å². The van der Waals surface area contributed by atoms with Gasteiger partial charge in [0.15, 0.2) is 0 Å². The van der Waals surface area contributed by atoms with Crippen molar-refractivity contribution in [3.8, 4) is 0 Å². The molecule has 2 aliphatic heterocycles. The molecule has 0 amide bonds. The first-order valence-corrected chi connectivity index (χ1v) is 7.42. The third-order valence-electron chi connectivity index (χ3n) is 4.96. The van der Waals surface area contributed by atoms with Gasteiger partial charge in [0.2, 0.25) is 5.95 Å². The molecule has 1 saturated carbocycles. The molecule has 0 unspecified atom stereocenters. The van der Waals surface area contributed by atoms with Crippen molar-refractivity contribution in [2.24, 2.45) is 5.92 Å². The summed E-state index contributed by atoms with van der Waals surface area (Å²) in [5.74, 6) is 2.86. The zero-order chi connectivity index (χ0) is 12.8. The Bertz CT molecular complexity index is 473. The molecule has 1 aromatic heterocycles. The molecule has 1 aliphatic carbocycles. The molecule has 4 rings (SSSR count). The second-order valence-electron chi connectivity index (χ2n) is 6.15. The van der Waals surface area contributed by atoms with Crippen LogP contribution in [0.25, 0.3) is 0 Å². The number of nitrogens with one attached hydrogen (secondary N) is 1. The summed E-state index contributed by atoms with van der Waals surface area (Å²) in [6.45, 7) is 3.34. The lowest BCUT2D eigenvalue weighted by Gasteiger charge is -2.26. The number of hydrogen-bond acceptors (Lipinski definition) is 5. The zero-order valence-corrected chi connectivity index (χ0v) is 11.2. The highest BCUT2D eigenvalue weighted by Crippen LogP contribution is 2.37. The van der Waals surface area contributed by atoms with Gasteiger partial charge in [0.25, 0.3) is 0 Å². The van der Waals surface area contributed by atoms with E-state index in [1.807, 2.05) is 0 Å². The molecule has 19 heavy (non-hydrogen) atoms. The molecule has 2 atom stereocenters. The summed E-state index contributed by atoms with van der Waals surface area (Å²) >= 11 is 0. The van der Waals surface area contributed by atoms with Crippen LogP contribution < -0.4 is 16.0 Å². The largest absolute Gasteiger partial charge is 0.368 e. The van der Waals surface area contributed by atoms with Crippen molar-refractivity contribution in [1.82, 2.24) is 15.3 Å². The Balaban J connectivity index is 1.58. The van der Waals surface area contributed by atoms with Crippen LogP contribution in [0.15, 0.2) is 6.07 Å². The van der Waals surface area contributed by atoms with Crippen molar-refractivity contribution < 1.29 is 0 Å². The van der Waals surface area contributed by atoms with Gasteiger partial charge in [-0.1, -0.05) is 6.42 Å². The molecule has 0 spiro atoms. The summed E-state index contributed by atoms with van der Waals surface area (Å²) in [6.07, 6.45) is 5.12. The maximum absolute atomic E-state index is 5.89. The highest BCUT2D eigenvalue weighted by atomic mass is 15.3. The van der Waals surface area contributed by atoms with E-state index < -0.39 is 0 Å². The first-order valence-electron chi connectivity index (χ1n) is 7.42. The van der Waals surface area contributed by atoms with Crippen molar-refractivity contribution in [3.63, 3.8) is 0 Å². The maximum atomic E-state index is 5.89. The fourth-order valence-corrected chi connectivity index (χ4v) is 3.58. The van der Waals surface area contributed by atoms with E-state index in [9.17, 15) is 0 Å². The number of nitrogens with zero attached hydrogens (tertiary/aromatic N) is 3. The molecular formula is C14H21N5. The third-order valence-corrected chi connectivity index (χ3v) is 4.96. The molecule has 3 heterocycles. The Morgan fingerprint density at radius 1 is 1.21 bits per heavy atom. The first kappa shape index (κ1) is 11.5. The summed E-state index contributed by atoms with van der Waals surface area (Å²) in [5, 5.41) is 3.58. The normalized spacial score (nSPS) is 30.4. The van der Waals surface area contributed by atoms with Crippen molar-refractivity contribution in [2.45, 2.75) is 37.6 Å². The quantitative estimate of drug-likeness (QED) is 0.833. The summed E-state index contributed by atoms with van der Waals surface area (Å²) < 4.78 is 0. The molecule has 1 aromatic rings. The van der Waals surface area contributed by atoms with E-state index in [0.29, 0.717) is 17.9 Å². The van der Waals surface area contributed by atoms with Gasteiger partial charge >= 0.3 is 0 Å². The monoisotopic (exact) mass is 259 g/mol. The summed E-state index contributed by atoms with van der Waals surface area (Å²) in [4.78, 5) is 11.2. The number of fused-ring (bicyclic) bond motifs is 1. The summed E-state index contributed by atoms with van der Waals surface area (Å²) in [5.41, 5.74) is 7.05. The average molecular weight is 259 g/mol. The second kappa shape index (κ2) is 4.34. The van der Waals surface area contributed by atoms with Crippen LogP contribution in [0.5, 0.6) is 0 Å². The Labute approximate surface area is 113 Å². The van der Waals surface area contributed by atoms with Gasteiger partial charge in [0, 0.05) is 31.1 Å². The number of nitrogens with two attached hydrogens (primary N) is 1. The molecule has 0 bridgehead atoms. The van der Waals surface area contributed by atoms with E-state index in [2.05, 4.69) is 26.3 Å². The molecule has 3 aliphatic rings. The predicted molar refractivity (Wildman–Crippen MR) is 75.1 cm³/mol. The van der Waals surface area contributed by atoms with Gasteiger partial charge in [0.05, 0.1) is 5.69 Å². The molecule has 0 aromatic carbocycles. The number of hydrogen-bond donors (Lipinski definition) is 2. The highest BCUT2D eigenvalue weighted by molar-refractivity contribution is 5.46. The van der Waals surface area contributed by atoms with Crippen LogP contribution in [0.4, 0.5) is 11.8 Å². The van der Waals surface area contributed by atoms with E-state index in [-0.39, 0.29) is 0 Å². The Kier molecular flexibility index (Phi) is 2.62. The van der Waals surface area contributed by atoms with Crippen LogP contribution in [-0.4, -0.2) is 35.6 Å². The predicted octanol–water partition coefficient (Wildman–Crippen LogP) is 1.12. The molecule has 3 fully saturated rings. The molecule has 2 saturated heterocycles. The minimum absolute atomic E-state index is 0.435. The van der Waals surface area contributed by atoms with Crippen LogP contribution in [0.2, 0.25) is 0 Å². The molecule has 102 valence electrons. The van der Waals surface area contributed by atoms with Crippen LogP contribution >= 0.6 is 0 Å². The lowest BCUT2D eigenvalue weighted by atomic mass is 9.83. The molecule has 0 radical (unpaired) electrons. The Hall–Kier alpha value is -1.36. The van der Waals surface area contributed by atoms with E-state index in [1.165, 1.54) is 32.2 Å². The van der Waals surface area contributed by atoms with Crippen molar-refractivity contribution >= 4 is 11.8 Å². The van der Waals surface area contributed by atoms with Crippen LogP contribution in [0.1, 0.15) is 37.3 Å². The number of aromatic nitrogens is 2. The lowest BCUT2D eigenvalue weighted by molar-refractivity contribution is 0.411. The maximum Gasteiger partial charge on any atom is 0.222 e. The average Bonchev–Trinajstić information content (AvgIpc) is 2.85. The molecule has 3 N–H and O–H groups in total. The fraction of sp³-hybridized carbons (Fsp3) is 0.714. The number of anilines is 2. The molecular weight excluding hydrogens is 238 g/mol. The Morgan fingerprint density at radius 3 is 2.84 bits per heavy atom. The van der Waals surface area contributed by atoms with Crippen LogP contribution in [0, 0.1) is 5.92 Å². The lowest BCUT2D eigenvalue weighted by Crippen LogP contribution is -2.30. The van der Waals surface area contributed by atoms with Gasteiger partial charge in [-0.25, -0.2) is 4.98 Å². The summed E-state index contributed by atoms with van der Waals surface area (Å²) in [6, 6.07) is 2.81. The minimum Gasteiger partial charge on any atom is -0.368 e. The van der Waals surface area contributed by atoms with Gasteiger partial charge in [-0.3, -0.25) is 0 Å². The number of rotatable bonds is 2. The van der Waals surface area contributed by atoms with Crippen molar-refractivity contribution in [1.29, 1.82) is 0 Å². The van der Waals surface area contributed by atoms with Gasteiger partial charge in [-0.05, 0) is 31.7 Å². The second-order valence-corrected chi connectivity index (χ2v) is 6.15. The van der Waals surface area contributed by atoms with E-state index in [4.69, 9.17) is 5.73 Å². The molecule has 5 nitrogen and oxygen atoms in total. The fourth-order valence-electron chi connectivity index (χ4n) is 3.58. The van der Waals surface area contributed by atoms with Gasteiger partial charge in [-0.15, -0.1) is 0 Å². The first-order chi connectivity index (χ1) is 9.29. The topological polar surface area (TPSA) is 67.1 Å². The van der Waals surface area contributed by atoms with Gasteiger partial charge in [0.1, 0.15) is 5.82 Å². The van der Waals surface area contributed by atoms with Crippen molar-refractivity contribution in [3.05, 3.63) is 11.8 Å². The Morgan fingerprint density at radius 2 is 2.11 bits per heavy atom. The highest BCUT2D eigenvalue weighted by Gasteiger charge is 2.36. The van der Waals surface area contributed by atoms with Gasteiger partial charge < -0.3 is 16.0 Å². The minimum atomic E-state index is 0.435. The van der Waals surface area contributed by atoms with Gasteiger partial charge in [-0.2, -0.15) is 4.98 Å². The van der Waals surface area contributed by atoms with E-state index in [0.717, 1.165) is 30.5 Å². The van der Waals surface area contributed by atoms with Crippen LogP contribution in [-0.2, 0) is 0 Å². The SMILES string of the molecule is Nc1nc(C2CCC2)cc(N2C[C@@H]3CCN[C@@H]3C2)n1. The molecule has 5 heteroatoms. The summed E-state index contributed by atoms with van der Waals surface area (Å²) in [7, 11) is 0. The zero-order valence-electron chi connectivity index (χ0n) is 11.2. The van der Waals surface area contributed by atoms with E-state index >= 15 is 0 Å². The standard InChI is InChI=1S/C14H21N5/c15-14-17-11(9-2-1-3-9)6-13(18-14)19-7-10-4-5-16-12(10)8-19/h6,9-10,12,16H,1-5,7-8H2,(H2,15,17,18)/t10-,12+/m0/s1. The smallest absolute Gasteiger partial charge is 0.222 e.